The van der Waals surface area contributed by atoms with Crippen LogP contribution in [0, 0.1) is 0 Å². The van der Waals surface area contributed by atoms with Gasteiger partial charge in [-0.2, -0.15) is 0 Å². The quantitative estimate of drug-likeness (QED) is 0.818. The van der Waals surface area contributed by atoms with Crippen LogP contribution in [0.4, 0.5) is 5.95 Å². The standard InChI is InChI=1S/C11H17BrN4O2S/c1-15(19(2,17)18)10-4-3-5-16(8-10)11-13-6-9(12)7-14-11/h6-7,10H,3-5,8H2,1-2H3. The summed E-state index contributed by atoms with van der Waals surface area (Å²) in [6, 6.07) is -0.0176. The molecule has 0 aliphatic carbocycles. The van der Waals surface area contributed by atoms with E-state index in [1.54, 1.807) is 19.4 Å². The number of halogens is 1. The number of anilines is 1. The summed E-state index contributed by atoms with van der Waals surface area (Å²) < 4.78 is 25.5. The van der Waals surface area contributed by atoms with Crippen LogP contribution in [0.1, 0.15) is 12.8 Å². The zero-order valence-corrected chi connectivity index (χ0v) is 13.4. The number of hydrogen-bond acceptors (Lipinski definition) is 5. The van der Waals surface area contributed by atoms with Crippen molar-refractivity contribution in [1.29, 1.82) is 0 Å². The van der Waals surface area contributed by atoms with E-state index in [0.717, 1.165) is 23.9 Å². The molecule has 0 aromatic carbocycles. The molecule has 0 bridgehead atoms. The van der Waals surface area contributed by atoms with Crippen molar-refractivity contribution in [3.8, 4) is 0 Å². The first-order chi connectivity index (χ1) is 8.88. The lowest BCUT2D eigenvalue weighted by Gasteiger charge is -2.36. The molecular weight excluding hydrogens is 332 g/mol. The third-order valence-corrected chi connectivity index (χ3v) is 5.08. The maximum atomic E-state index is 11.6. The summed E-state index contributed by atoms with van der Waals surface area (Å²) >= 11 is 3.30. The molecule has 0 spiro atoms. The number of piperidine rings is 1. The lowest BCUT2D eigenvalue weighted by molar-refractivity contribution is 0.320. The van der Waals surface area contributed by atoms with E-state index in [-0.39, 0.29) is 6.04 Å². The molecule has 6 nitrogen and oxygen atoms in total. The smallest absolute Gasteiger partial charge is 0.225 e. The number of likely N-dealkylation sites (N-methyl/N-ethyl adjacent to an activating group) is 1. The average molecular weight is 349 g/mol. The highest BCUT2D eigenvalue weighted by Crippen LogP contribution is 2.20. The molecular formula is C11H17BrN4O2S. The monoisotopic (exact) mass is 348 g/mol. The normalized spacial score (nSPS) is 20.8. The van der Waals surface area contributed by atoms with Gasteiger partial charge in [0, 0.05) is 38.6 Å². The van der Waals surface area contributed by atoms with Crippen LogP contribution in [0.2, 0.25) is 0 Å². The Balaban J connectivity index is 2.11. The van der Waals surface area contributed by atoms with Gasteiger partial charge in [-0.1, -0.05) is 0 Å². The van der Waals surface area contributed by atoms with Crippen molar-refractivity contribution in [3.63, 3.8) is 0 Å². The Morgan fingerprint density at radius 3 is 2.63 bits per heavy atom. The molecule has 1 fully saturated rings. The second kappa shape index (κ2) is 5.72. The molecule has 1 aromatic rings. The zero-order valence-electron chi connectivity index (χ0n) is 11.0. The Labute approximate surface area is 122 Å². The summed E-state index contributed by atoms with van der Waals surface area (Å²) in [5, 5.41) is 0. The molecule has 8 heteroatoms. The van der Waals surface area contributed by atoms with Gasteiger partial charge in [-0.25, -0.2) is 22.7 Å². The minimum absolute atomic E-state index is 0.0176. The summed E-state index contributed by atoms with van der Waals surface area (Å²) in [4.78, 5) is 10.5. The van der Waals surface area contributed by atoms with E-state index in [2.05, 4.69) is 25.9 Å². The maximum absolute atomic E-state index is 11.6. The van der Waals surface area contributed by atoms with Crippen LogP contribution in [-0.4, -0.2) is 55.1 Å². The van der Waals surface area contributed by atoms with Crippen molar-refractivity contribution in [2.45, 2.75) is 18.9 Å². The van der Waals surface area contributed by atoms with Gasteiger partial charge < -0.3 is 4.90 Å². The predicted octanol–water partition coefficient (Wildman–Crippen LogP) is 1.10. The zero-order chi connectivity index (χ0) is 14.0. The minimum atomic E-state index is -3.16. The van der Waals surface area contributed by atoms with Gasteiger partial charge in [-0.15, -0.1) is 0 Å². The van der Waals surface area contributed by atoms with Crippen LogP contribution in [0.3, 0.4) is 0 Å². The fourth-order valence-electron chi connectivity index (χ4n) is 2.17. The molecule has 1 aliphatic heterocycles. The third kappa shape index (κ3) is 3.64. The Morgan fingerprint density at radius 2 is 2.05 bits per heavy atom. The van der Waals surface area contributed by atoms with Crippen LogP contribution in [0.15, 0.2) is 16.9 Å². The van der Waals surface area contributed by atoms with Crippen molar-refractivity contribution in [2.24, 2.45) is 0 Å². The first-order valence-electron chi connectivity index (χ1n) is 6.03. The van der Waals surface area contributed by atoms with Gasteiger partial charge in [0.25, 0.3) is 0 Å². The molecule has 1 unspecified atom stereocenters. The molecule has 2 heterocycles. The van der Waals surface area contributed by atoms with Crippen molar-refractivity contribution in [3.05, 3.63) is 16.9 Å². The molecule has 19 heavy (non-hydrogen) atoms. The van der Waals surface area contributed by atoms with Gasteiger partial charge in [-0.3, -0.25) is 0 Å². The van der Waals surface area contributed by atoms with E-state index in [1.165, 1.54) is 10.6 Å². The Hall–Kier alpha value is -0.730. The Morgan fingerprint density at radius 1 is 1.42 bits per heavy atom. The first-order valence-corrected chi connectivity index (χ1v) is 8.67. The molecule has 0 N–H and O–H groups in total. The van der Waals surface area contributed by atoms with Gasteiger partial charge >= 0.3 is 0 Å². The molecule has 106 valence electrons. The fourth-order valence-corrected chi connectivity index (χ4v) is 3.09. The number of rotatable bonds is 3. The second-order valence-electron chi connectivity index (χ2n) is 4.72. The number of sulfonamides is 1. The molecule has 0 amide bonds. The molecule has 1 aromatic heterocycles. The minimum Gasteiger partial charge on any atom is -0.339 e. The van der Waals surface area contributed by atoms with Crippen LogP contribution in [-0.2, 0) is 10.0 Å². The highest BCUT2D eigenvalue weighted by molar-refractivity contribution is 9.10. The fraction of sp³-hybridized carbons (Fsp3) is 0.636. The highest BCUT2D eigenvalue weighted by Gasteiger charge is 2.28. The van der Waals surface area contributed by atoms with Crippen LogP contribution < -0.4 is 4.90 Å². The third-order valence-electron chi connectivity index (χ3n) is 3.32. The highest BCUT2D eigenvalue weighted by atomic mass is 79.9. The van der Waals surface area contributed by atoms with Crippen LogP contribution in [0.25, 0.3) is 0 Å². The molecule has 2 rings (SSSR count). The van der Waals surface area contributed by atoms with Gasteiger partial charge in [-0.05, 0) is 28.8 Å². The average Bonchev–Trinajstić information content (AvgIpc) is 2.38. The Bertz CT molecular complexity index is 534. The van der Waals surface area contributed by atoms with E-state index < -0.39 is 10.0 Å². The summed E-state index contributed by atoms with van der Waals surface area (Å²) in [5.74, 6) is 0.648. The summed E-state index contributed by atoms with van der Waals surface area (Å²) in [6.07, 6.45) is 6.45. The number of nitrogens with zero attached hydrogens (tertiary/aromatic N) is 4. The largest absolute Gasteiger partial charge is 0.339 e. The number of hydrogen-bond donors (Lipinski definition) is 0. The van der Waals surface area contributed by atoms with Gasteiger partial charge in [0.1, 0.15) is 0 Å². The van der Waals surface area contributed by atoms with E-state index in [9.17, 15) is 8.42 Å². The van der Waals surface area contributed by atoms with Crippen LogP contribution >= 0.6 is 15.9 Å². The van der Waals surface area contributed by atoms with E-state index in [1.807, 2.05) is 4.90 Å². The van der Waals surface area contributed by atoms with Crippen molar-refractivity contribution in [1.82, 2.24) is 14.3 Å². The van der Waals surface area contributed by atoms with Crippen LogP contribution in [0.5, 0.6) is 0 Å². The predicted molar refractivity (Wildman–Crippen MR) is 77.6 cm³/mol. The van der Waals surface area contributed by atoms with E-state index in [4.69, 9.17) is 0 Å². The first kappa shape index (κ1) is 14.7. The summed E-state index contributed by atoms with van der Waals surface area (Å²) in [7, 11) is -1.53. The van der Waals surface area contributed by atoms with E-state index >= 15 is 0 Å². The van der Waals surface area contributed by atoms with Crippen molar-refractivity contribution in [2.75, 3.05) is 31.3 Å². The van der Waals surface area contributed by atoms with E-state index in [0.29, 0.717) is 12.5 Å². The lowest BCUT2D eigenvalue weighted by atomic mass is 10.1. The van der Waals surface area contributed by atoms with Gasteiger partial charge in [0.05, 0.1) is 10.7 Å². The Kier molecular flexibility index (Phi) is 4.42. The van der Waals surface area contributed by atoms with Crippen molar-refractivity contribution < 1.29 is 8.42 Å². The SMILES string of the molecule is CN(C1CCCN(c2ncc(Br)cn2)C1)S(C)(=O)=O. The molecule has 1 atom stereocenters. The summed E-state index contributed by atoms with van der Waals surface area (Å²) in [6.45, 7) is 1.49. The molecule has 0 radical (unpaired) electrons. The molecule has 0 saturated carbocycles. The van der Waals surface area contributed by atoms with Gasteiger partial charge in [0.2, 0.25) is 16.0 Å². The van der Waals surface area contributed by atoms with Gasteiger partial charge in [0.15, 0.2) is 0 Å². The number of aromatic nitrogens is 2. The summed E-state index contributed by atoms with van der Waals surface area (Å²) in [5.41, 5.74) is 0. The molecule has 1 saturated heterocycles. The molecule has 1 aliphatic rings. The van der Waals surface area contributed by atoms with Crippen molar-refractivity contribution >= 4 is 31.9 Å². The lowest BCUT2D eigenvalue weighted by Crippen LogP contribution is -2.48. The second-order valence-corrected chi connectivity index (χ2v) is 7.68. The maximum Gasteiger partial charge on any atom is 0.225 e. The topological polar surface area (TPSA) is 66.4 Å².